The standard InChI is InChI=1S/3C8H8F2.2C8H9F.C8H16.2C8H14.C8H10.2C7H14O.2C6H12O2.H2/c2*1-5-3-7(9)6(2)8(10)4-5;1-5-3-4-6(2)8(10)7(5)9;2*1-6-3-4-7(2)8(9)5-6;4*1-7-3-5-8(2)6-4-7;2*1-6-3-4-7(2)8-5-6;2*1-5-3-7-6(2)8-4-5;/h3*3-4H,1-2H3;2*3-5H,1-2H3;7-8H,3-6H2,1-2H3;2*3,8H,4-6H2,1-2H3;3-6H,1-2H3;2*6-7H,3-5H2,1-2H3;2*5-6H,3-4H2,1-2H3;1H. The predicted octanol–water partition coefficient (Wildman–Crippen LogP) is 29.2. The van der Waals surface area contributed by atoms with Crippen LogP contribution in [0, 0.1) is 177 Å². The van der Waals surface area contributed by atoms with Crippen molar-refractivity contribution in [1.82, 2.24) is 0 Å². The minimum absolute atomic E-state index is 0. The van der Waals surface area contributed by atoms with E-state index in [1.807, 2.05) is 39.8 Å². The molecule has 0 aromatic heterocycles. The fourth-order valence-electron chi connectivity index (χ4n) is 11.4. The normalized spacial score (nSPS) is 23.3. The van der Waals surface area contributed by atoms with E-state index in [4.69, 9.17) is 28.4 Å². The lowest BCUT2D eigenvalue weighted by atomic mass is 9.84. The van der Waals surface area contributed by atoms with Crippen molar-refractivity contribution in [3.8, 4) is 0 Å². The second-order valence-electron chi connectivity index (χ2n) is 33.3. The van der Waals surface area contributed by atoms with Gasteiger partial charge in [0, 0.05) is 37.6 Å². The lowest BCUT2D eigenvalue weighted by Gasteiger charge is -2.24. The molecule has 4 heterocycles. The molecule has 4 saturated heterocycles. The van der Waals surface area contributed by atoms with E-state index in [2.05, 4.69) is 133 Å². The summed E-state index contributed by atoms with van der Waals surface area (Å²) in [4.78, 5) is 0. The van der Waals surface area contributed by atoms with E-state index in [1.54, 1.807) is 63.1 Å². The molecule has 4 aliphatic heterocycles. The van der Waals surface area contributed by atoms with Gasteiger partial charge in [-0.3, -0.25) is 0 Å². The summed E-state index contributed by atoms with van der Waals surface area (Å²) < 4.78 is 132. The van der Waals surface area contributed by atoms with E-state index in [0.717, 1.165) is 86.3 Å². The van der Waals surface area contributed by atoms with Crippen LogP contribution in [0.3, 0.4) is 0 Å². The molecule has 13 rings (SSSR count). The smallest absolute Gasteiger partial charge is 0.161 e. The maximum Gasteiger partial charge on any atom is 0.161 e. The van der Waals surface area contributed by atoms with Gasteiger partial charge in [-0.15, -0.1) is 0 Å². The predicted molar refractivity (Wildman–Crippen MR) is 456 cm³/mol. The summed E-state index contributed by atoms with van der Waals surface area (Å²) in [6.07, 6.45) is 25.0. The number of aryl methyl sites for hydroxylation is 10. The van der Waals surface area contributed by atoms with Gasteiger partial charge in [-0.1, -0.05) is 176 Å². The summed E-state index contributed by atoms with van der Waals surface area (Å²) in [7, 11) is 0. The first kappa shape index (κ1) is 104. The molecule has 0 bridgehead atoms. The van der Waals surface area contributed by atoms with Crippen LogP contribution in [0.2, 0.25) is 0 Å². The van der Waals surface area contributed by atoms with E-state index in [9.17, 15) is 35.1 Å². The first-order valence-corrected chi connectivity index (χ1v) is 41.3. The Balaban J connectivity index is 0.00000120. The van der Waals surface area contributed by atoms with Crippen LogP contribution in [0.1, 0.15) is 255 Å². The maximum atomic E-state index is 12.6. The molecule has 0 amide bonds. The van der Waals surface area contributed by atoms with Gasteiger partial charge in [-0.05, 0) is 305 Å². The zero-order chi connectivity index (χ0) is 84.7. The monoisotopic (exact) mass is 1580 g/mol. The molecule has 14 heteroatoms. The average Bonchev–Trinajstić information content (AvgIpc) is 0.862. The van der Waals surface area contributed by atoms with Crippen LogP contribution in [0.4, 0.5) is 35.1 Å². The Labute approximate surface area is 676 Å². The number of hydrogen-bond donors (Lipinski definition) is 0. The Morgan fingerprint density at radius 2 is 0.500 bits per heavy atom. The van der Waals surface area contributed by atoms with Crippen LogP contribution < -0.4 is 0 Å². The quantitative estimate of drug-likeness (QED) is 0.112. The summed E-state index contributed by atoms with van der Waals surface area (Å²) in [6, 6.07) is 27.3. The van der Waals surface area contributed by atoms with Crippen molar-refractivity contribution >= 4 is 0 Å². The Hall–Kier alpha value is -6.00. The van der Waals surface area contributed by atoms with E-state index in [-0.39, 0.29) is 36.8 Å². The lowest BCUT2D eigenvalue weighted by molar-refractivity contribution is -0.187. The number of halogens is 8. The van der Waals surface area contributed by atoms with Crippen molar-refractivity contribution in [3.63, 3.8) is 0 Å². The third-order valence-electron chi connectivity index (χ3n) is 20.2. The van der Waals surface area contributed by atoms with Crippen LogP contribution >= 0.6 is 0 Å². The summed E-state index contributed by atoms with van der Waals surface area (Å²) in [5.74, 6) is 3.07. The molecule has 6 nitrogen and oxygen atoms in total. The van der Waals surface area contributed by atoms with Crippen LogP contribution in [0.5, 0.6) is 0 Å². The number of allylic oxidation sites excluding steroid dienone is 4. The van der Waals surface area contributed by atoms with Gasteiger partial charge in [0.05, 0.1) is 38.6 Å². The highest BCUT2D eigenvalue weighted by atomic mass is 19.2. The zero-order valence-corrected chi connectivity index (χ0v) is 73.9. The number of rotatable bonds is 0. The Morgan fingerprint density at radius 3 is 0.714 bits per heavy atom. The molecule has 3 aliphatic carbocycles. The van der Waals surface area contributed by atoms with E-state index >= 15 is 0 Å². The van der Waals surface area contributed by atoms with E-state index < -0.39 is 34.9 Å². The molecule has 0 spiro atoms. The zero-order valence-electron chi connectivity index (χ0n) is 73.9. The molecule has 1 saturated carbocycles. The molecule has 6 atom stereocenters. The summed E-state index contributed by atoms with van der Waals surface area (Å²) in [6.45, 7) is 56.7. The van der Waals surface area contributed by atoms with Crippen molar-refractivity contribution in [3.05, 3.63) is 234 Å². The average molecular weight is 1580 g/mol. The largest absolute Gasteiger partial charge is 0.378 e. The Morgan fingerprint density at radius 1 is 0.250 bits per heavy atom. The van der Waals surface area contributed by atoms with Gasteiger partial charge >= 0.3 is 0 Å². The van der Waals surface area contributed by atoms with Crippen LogP contribution in [-0.2, 0) is 28.4 Å². The van der Waals surface area contributed by atoms with Gasteiger partial charge in [0.15, 0.2) is 24.2 Å². The molecular weight excluding hydrogens is 1430 g/mol. The Kier molecular flexibility index (Phi) is 53.8. The highest BCUT2D eigenvalue weighted by Gasteiger charge is 2.18. The minimum Gasteiger partial charge on any atom is -0.378 e. The highest BCUT2D eigenvalue weighted by molar-refractivity contribution is 5.27. The molecule has 0 radical (unpaired) electrons. The van der Waals surface area contributed by atoms with Crippen molar-refractivity contribution < 1.29 is 65.0 Å². The van der Waals surface area contributed by atoms with Gasteiger partial charge in [0.25, 0.3) is 0 Å². The van der Waals surface area contributed by atoms with Gasteiger partial charge in [0.2, 0.25) is 0 Å². The molecule has 6 unspecified atom stereocenters. The number of ether oxygens (including phenoxy) is 6. The second kappa shape index (κ2) is 57.9. The number of hydrogen-bond acceptors (Lipinski definition) is 6. The molecular formula is C98H150F8O6. The van der Waals surface area contributed by atoms with E-state index in [1.165, 1.54) is 165 Å². The summed E-state index contributed by atoms with van der Waals surface area (Å²) in [5.41, 5.74) is 11.3. The van der Waals surface area contributed by atoms with Gasteiger partial charge in [0.1, 0.15) is 34.9 Å². The first-order chi connectivity index (χ1) is 52.5. The molecule has 6 aromatic rings. The minimum atomic E-state index is -0.736. The van der Waals surface area contributed by atoms with Crippen LogP contribution in [0.15, 0.2) is 120 Å². The topological polar surface area (TPSA) is 55.4 Å². The van der Waals surface area contributed by atoms with Crippen molar-refractivity contribution in [1.29, 1.82) is 0 Å². The number of benzene rings is 6. The lowest BCUT2D eigenvalue weighted by Crippen LogP contribution is -2.27. The van der Waals surface area contributed by atoms with Gasteiger partial charge < -0.3 is 28.4 Å². The van der Waals surface area contributed by atoms with Crippen molar-refractivity contribution in [2.75, 3.05) is 39.6 Å². The Bertz CT molecular complexity index is 3160. The summed E-state index contributed by atoms with van der Waals surface area (Å²) in [5, 5.41) is 0. The van der Waals surface area contributed by atoms with Gasteiger partial charge in [-0.2, -0.15) is 0 Å². The van der Waals surface area contributed by atoms with E-state index in [0.29, 0.717) is 57.4 Å². The van der Waals surface area contributed by atoms with Crippen molar-refractivity contribution in [2.45, 2.75) is 295 Å². The maximum absolute atomic E-state index is 12.6. The molecule has 5 fully saturated rings. The SMILES string of the molecule is CC1=CCC(C)CC1.CC1=CCC(C)CC1.CC1CCC(C)CC1.CC1CCC(C)OC1.CC1CCC(C)OC1.CC1COC(C)OC1.CC1COC(C)OC1.Cc1cc(F)c(C)c(F)c1.Cc1cc(F)c(C)c(F)c1.Cc1ccc(C)c(F)c1.Cc1ccc(C)c(F)c1.Cc1ccc(C)c(F)c1F.Cc1ccc(C)cc1.[HH]. The van der Waals surface area contributed by atoms with Gasteiger partial charge in [-0.25, -0.2) is 35.1 Å². The molecule has 634 valence electrons. The fourth-order valence-corrected chi connectivity index (χ4v) is 11.4. The molecule has 0 N–H and O–H groups in total. The fraction of sp³-hybridized carbons (Fsp3) is 0.592. The molecule has 7 aliphatic rings. The summed E-state index contributed by atoms with van der Waals surface area (Å²) >= 11 is 0. The van der Waals surface area contributed by atoms with Crippen LogP contribution in [0.25, 0.3) is 0 Å². The third kappa shape index (κ3) is 49.7. The van der Waals surface area contributed by atoms with Crippen LogP contribution in [-0.4, -0.2) is 64.4 Å². The highest BCUT2D eigenvalue weighted by Crippen LogP contribution is 2.28. The second-order valence-corrected chi connectivity index (χ2v) is 33.3. The third-order valence-corrected chi connectivity index (χ3v) is 20.2. The molecule has 6 aromatic carbocycles. The molecule has 112 heavy (non-hydrogen) atoms. The first-order valence-electron chi connectivity index (χ1n) is 41.3. The van der Waals surface area contributed by atoms with Crippen molar-refractivity contribution in [2.24, 2.45) is 47.3 Å².